The molecule has 2 heterocycles. The van der Waals surface area contributed by atoms with Crippen molar-refractivity contribution in [2.75, 3.05) is 6.54 Å². The van der Waals surface area contributed by atoms with Crippen molar-refractivity contribution in [3.8, 4) is 0 Å². The van der Waals surface area contributed by atoms with Gasteiger partial charge in [0.05, 0.1) is 12.4 Å². The molecule has 3 amide bonds. The minimum Gasteiger partial charge on any atom is -0.481 e. The lowest BCUT2D eigenvalue weighted by Gasteiger charge is -2.32. The van der Waals surface area contributed by atoms with Crippen LogP contribution in [0.2, 0.25) is 0 Å². The Bertz CT molecular complexity index is 763. The molecule has 0 saturated carbocycles. The number of primary amides is 1. The van der Waals surface area contributed by atoms with Crippen LogP contribution in [0, 0.1) is 5.41 Å². The molecular weight excluding hydrogens is 380 g/mol. The highest BCUT2D eigenvalue weighted by Crippen LogP contribution is 2.36. The number of aliphatic carboxylic acids is 1. The second-order valence-corrected chi connectivity index (χ2v) is 7.96. The summed E-state index contributed by atoms with van der Waals surface area (Å²) < 4.78 is 0. The fraction of sp³-hybridized carbons (Fsp3) is 0.611. The lowest BCUT2D eigenvalue weighted by atomic mass is 9.84. The van der Waals surface area contributed by atoms with Crippen molar-refractivity contribution in [1.82, 2.24) is 20.2 Å². The summed E-state index contributed by atoms with van der Waals surface area (Å²) in [5.74, 6) is -2.77. The number of carbonyl (C=O) groups is 4. The van der Waals surface area contributed by atoms with Crippen molar-refractivity contribution in [3.05, 3.63) is 18.2 Å². The minimum atomic E-state index is -1.08. The molecule has 1 saturated heterocycles. The molecule has 0 aliphatic carbocycles. The van der Waals surface area contributed by atoms with E-state index in [0.717, 1.165) is 0 Å². The molecule has 7 N–H and O–H groups in total. The molecule has 1 aliphatic rings. The van der Waals surface area contributed by atoms with E-state index < -0.39 is 47.2 Å². The number of imidazole rings is 1. The van der Waals surface area contributed by atoms with E-state index in [9.17, 15) is 19.2 Å². The number of aromatic amines is 1. The molecule has 0 aromatic carbocycles. The Labute approximate surface area is 168 Å². The zero-order valence-corrected chi connectivity index (χ0v) is 16.6. The van der Waals surface area contributed by atoms with Crippen LogP contribution in [0.3, 0.4) is 0 Å². The number of H-pyrrole nitrogens is 1. The summed E-state index contributed by atoms with van der Waals surface area (Å²) in [6.45, 7) is 4.06. The van der Waals surface area contributed by atoms with Gasteiger partial charge >= 0.3 is 5.97 Å². The van der Waals surface area contributed by atoms with E-state index in [4.69, 9.17) is 16.6 Å². The van der Waals surface area contributed by atoms with Crippen LogP contribution < -0.4 is 16.8 Å². The average Bonchev–Trinajstić information content (AvgIpc) is 3.25. The monoisotopic (exact) mass is 408 g/mol. The van der Waals surface area contributed by atoms with E-state index in [2.05, 4.69) is 15.3 Å². The first-order valence-corrected chi connectivity index (χ1v) is 9.37. The van der Waals surface area contributed by atoms with Crippen LogP contribution in [-0.2, 0) is 25.6 Å². The molecule has 0 radical (unpaired) electrons. The van der Waals surface area contributed by atoms with Crippen LogP contribution in [0.1, 0.15) is 38.8 Å². The Balaban J connectivity index is 2.19. The highest BCUT2D eigenvalue weighted by atomic mass is 16.4. The fourth-order valence-corrected chi connectivity index (χ4v) is 3.58. The largest absolute Gasteiger partial charge is 0.481 e. The van der Waals surface area contributed by atoms with Crippen molar-refractivity contribution in [2.24, 2.45) is 16.9 Å². The predicted molar refractivity (Wildman–Crippen MR) is 102 cm³/mol. The highest BCUT2D eigenvalue weighted by molar-refractivity contribution is 5.93. The van der Waals surface area contributed by atoms with Gasteiger partial charge in [0.15, 0.2) is 0 Å². The third-order valence-corrected chi connectivity index (χ3v) is 5.20. The zero-order chi connectivity index (χ0) is 21.8. The van der Waals surface area contributed by atoms with Gasteiger partial charge in [-0.15, -0.1) is 0 Å². The summed E-state index contributed by atoms with van der Waals surface area (Å²) in [6, 6.07) is -2.88. The van der Waals surface area contributed by atoms with Crippen molar-refractivity contribution in [3.63, 3.8) is 0 Å². The van der Waals surface area contributed by atoms with Gasteiger partial charge in [0.2, 0.25) is 17.7 Å². The summed E-state index contributed by atoms with van der Waals surface area (Å²) in [4.78, 5) is 56.5. The maximum Gasteiger partial charge on any atom is 0.303 e. The topological polar surface area (TPSA) is 184 Å². The Morgan fingerprint density at radius 3 is 2.66 bits per heavy atom. The molecule has 2 rings (SSSR count). The summed E-state index contributed by atoms with van der Waals surface area (Å²) in [5, 5.41) is 11.4. The van der Waals surface area contributed by atoms with E-state index >= 15 is 0 Å². The number of carboxylic acids is 1. The van der Waals surface area contributed by atoms with Crippen molar-refractivity contribution >= 4 is 23.7 Å². The number of amides is 3. The van der Waals surface area contributed by atoms with Crippen LogP contribution in [0.25, 0.3) is 0 Å². The summed E-state index contributed by atoms with van der Waals surface area (Å²) in [6.07, 6.45) is 3.34. The molecular formula is C18H28N6O5. The Kier molecular flexibility index (Phi) is 6.96. The van der Waals surface area contributed by atoms with Gasteiger partial charge in [0, 0.05) is 31.3 Å². The van der Waals surface area contributed by atoms with Crippen molar-refractivity contribution < 1.29 is 24.3 Å². The van der Waals surface area contributed by atoms with Gasteiger partial charge in [-0.05, 0) is 18.3 Å². The van der Waals surface area contributed by atoms with Crippen LogP contribution in [0.15, 0.2) is 12.5 Å². The number of nitrogens with zero attached hydrogens (tertiary/aromatic N) is 2. The first-order chi connectivity index (χ1) is 13.5. The van der Waals surface area contributed by atoms with E-state index in [1.807, 2.05) is 13.8 Å². The number of nitrogens with one attached hydrogen (secondary N) is 2. The Morgan fingerprint density at radius 1 is 1.41 bits per heavy atom. The third kappa shape index (κ3) is 5.53. The van der Waals surface area contributed by atoms with Crippen LogP contribution in [0.5, 0.6) is 0 Å². The van der Waals surface area contributed by atoms with Gasteiger partial charge < -0.3 is 31.8 Å². The number of carbonyl (C=O) groups excluding carboxylic acids is 3. The maximum atomic E-state index is 13.2. The normalized spacial score (nSPS) is 20.1. The number of carboxylic acid groups (broad SMARTS) is 1. The standard InChI is InChI=1S/C18H28N6O5/c1-18(2)5-6-24(14(18)15(20)27)17(29)12(7-10-8-21-9-22-10)23-16(28)11(19)3-4-13(25)26/h8-9,11-12,14H,3-7,19H2,1-2H3,(H2,20,27)(H,21,22)(H,23,28)(H,25,26)/t11-,12-,14+/m0/s1. The van der Waals surface area contributed by atoms with E-state index in [0.29, 0.717) is 18.7 Å². The average molecular weight is 408 g/mol. The Hall–Kier alpha value is -2.95. The molecule has 11 nitrogen and oxygen atoms in total. The first-order valence-electron chi connectivity index (χ1n) is 9.37. The van der Waals surface area contributed by atoms with E-state index in [1.165, 1.54) is 17.4 Å². The number of nitrogens with two attached hydrogens (primary N) is 2. The van der Waals surface area contributed by atoms with Crippen molar-refractivity contribution in [2.45, 2.75) is 57.7 Å². The lowest BCUT2D eigenvalue weighted by Crippen LogP contribution is -2.57. The summed E-state index contributed by atoms with van der Waals surface area (Å²) in [7, 11) is 0. The summed E-state index contributed by atoms with van der Waals surface area (Å²) >= 11 is 0. The SMILES string of the molecule is CC1(C)CCN(C(=O)[C@H](Cc2cnc[nH]2)NC(=O)[C@@H](N)CCC(=O)O)[C@@H]1C(N)=O. The van der Waals surface area contributed by atoms with Crippen LogP contribution >= 0.6 is 0 Å². The molecule has 3 atom stereocenters. The Morgan fingerprint density at radius 2 is 2.10 bits per heavy atom. The first kappa shape index (κ1) is 22.3. The minimum absolute atomic E-state index is 0.0627. The van der Waals surface area contributed by atoms with Gasteiger partial charge in [-0.3, -0.25) is 19.2 Å². The third-order valence-electron chi connectivity index (χ3n) is 5.20. The van der Waals surface area contributed by atoms with Gasteiger partial charge in [-0.1, -0.05) is 13.8 Å². The molecule has 0 spiro atoms. The molecule has 0 bridgehead atoms. The number of hydrogen-bond acceptors (Lipinski definition) is 6. The quantitative estimate of drug-likeness (QED) is 0.337. The van der Waals surface area contributed by atoms with Crippen LogP contribution in [0.4, 0.5) is 0 Å². The molecule has 29 heavy (non-hydrogen) atoms. The lowest BCUT2D eigenvalue weighted by molar-refractivity contribution is -0.142. The summed E-state index contributed by atoms with van der Waals surface area (Å²) in [5.41, 5.74) is 11.4. The fourth-order valence-electron chi connectivity index (χ4n) is 3.58. The smallest absolute Gasteiger partial charge is 0.303 e. The molecule has 1 aromatic heterocycles. The highest BCUT2D eigenvalue weighted by Gasteiger charge is 2.47. The van der Waals surface area contributed by atoms with E-state index in [1.54, 1.807) is 0 Å². The molecule has 11 heteroatoms. The van der Waals surface area contributed by atoms with Crippen LogP contribution in [-0.4, -0.2) is 68.3 Å². The van der Waals surface area contributed by atoms with Crippen molar-refractivity contribution in [1.29, 1.82) is 0 Å². The molecule has 160 valence electrons. The molecule has 0 unspecified atom stereocenters. The van der Waals surface area contributed by atoms with Gasteiger partial charge in [-0.25, -0.2) is 4.98 Å². The number of likely N-dealkylation sites (tertiary alicyclic amines) is 1. The molecule has 1 aliphatic heterocycles. The molecule has 1 fully saturated rings. The predicted octanol–water partition coefficient (Wildman–Crippen LogP) is -1.26. The number of rotatable bonds is 9. The van der Waals surface area contributed by atoms with Gasteiger partial charge in [0.1, 0.15) is 12.1 Å². The number of aromatic nitrogens is 2. The van der Waals surface area contributed by atoms with E-state index in [-0.39, 0.29) is 19.3 Å². The maximum absolute atomic E-state index is 13.2. The second kappa shape index (κ2) is 9.03. The molecule has 1 aromatic rings. The number of hydrogen-bond donors (Lipinski definition) is 5. The van der Waals surface area contributed by atoms with Gasteiger partial charge in [-0.2, -0.15) is 0 Å². The zero-order valence-electron chi connectivity index (χ0n) is 16.6. The van der Waals surface area contributed by atoms with Gasteiger partial charge in [0.25, 0.3) is 0 Å². The second-order valence-electron chi connectivity index (χ2n) is 7.96.